The molecule has 0 saturated carbocycles. The van der Waals surface area contributed by atoms with Crippen molar-refractivity contribution >= 4 is 46.7 Å². The van der Waals surface area contributed by atoms with Crippen LogP contribution in [0.3, 0.4) is 0 Å². The average molecular weight is 522 g/mol. The van der Waals surface area contributed by atoms with Crippen molar-refractivity contribution in [1.29, 1.82) is 0 Å². The number of benzene rings is 2. The number of para-hydroxylation sites is 3. The molecule has 2 aromatic carbocycles. The molecular formula is C22H28FIN6. The number of nitrogens with zero attached hydrogens (tertiary/aromatic N) is 4. The van der Waals surface area contributed by atoms with Crippen LogP contribution in [0.15, 0.2) is 53.5 Å². The van der Waals surface area contributed by atoms with Gasteiger partial charge in [0.1, 0.15) is 11.6 Å². The lowest BCUT2D eigenvalue weighted by atomic mass is 10.2. The first-order chi connectivity index (χ1) is 14.2. The number of fused-ring (bicyclic) bond motifs is 1. The van der Waals surface area contributed by atoms with Crippen LogP contribution in [0.1, 0.15) is 12.7 Å². The van der Waals surface area contributed by atoms with Gasteiger partial charge in [0.15, 0.2) is 5.96 Å². The number of aliphatic imine (C=N–C) groups is 1. The van der Waals surface area contributed by atoms with Crippen LogP contribution >= 0.6 is 24.0 Å². The summed E-state index contributed by atoms with van der Waals surface area (Å²) in [6.45, 7) is 6.72. The molecule has 3 aromatic rings. The summed E-state index contributed by atoms with van der Waals surface area (Å²) in [5, 5.41) is 3.38. The highest BCUT2D eigenvalue weighted by Crippen LogP contribution is 2.20. The fraction of sp³-hybridized carbons (Fsp3) is 0.364. The van der Waals surface area contributed by atoms with E-state index in [1.165, 1.54) is 6.07 Å². The number of anilines is 1. The second-order valence-electron chi connectivity index (χ2n) is 7.11. The van der Waals surface area contributed by atoms with Crippen molar-refractivity contribution in [2.75, 3.05) is 44.2 Å². The summed E-state index contributed by atoms with van der Waals surface area (Å²) >= 11 is 0. The van der Waals surface area contributed by atoms with E-state index in [1.807, 2.05) is 36.4 Å². The van der Waals surface area contributed by atoms with Crippen molar-refractivity contribution in [3.05, 3.63) is 60.2 Å². The van der Waals surface area contributed by atoms with Crippen molar-refractivity contribution in [2.45, 2.75) is 13.3 Å². The van der Waals surface area contributed by atoms with Gasteiger partial charge in [-0.2, -0.15) is 0 Å². The van der Waals surface area contributed by atoms with E-state index in [1.54, 1.807) is 6.07 Å². The van der Waals surface area contributed by atoms with Crippen LogP contribution in [-0.4, -0.2) is 60.1 Å². The molecule has 0 radical (unpaired) electrons. The lowest BCUT2D eigenvalue weighted by Crippen LogP contribution is -2.52. The second kappa shape index (κ2) is 10.6. The second-order valence-corrected chi connectivity index (χ2v) is 7.11. The summed E-state index contributed by atoms with van der Waals surface area (Å²) in [6.07, 6.45) is 0.763. The van der Waals surface area contributed by atoms with Gasteiger partial charge in [0.2, 0.25) is 0 Å². The number of H-pyrrole nitrogens is 1. The quantitative estimate of drug-likeness (QED) is 0.305. The van der Waals surface area contributed by atoms with Gasteiger partial charge in [-0.3, -0.25) is 4.99 Å². The van der Waals surface area contributed by atoms with Crippen LogP contribution in [0.2, 0.25) is 0 Å². The summed E-state index contributed by atoms with van der Waals surface area (Å²) in [5.41, 5.74) is 2.73. The first-order valence-corrected chi connectivity index (χ1v) is 10.2. The monoisotopic (exact) mass is 522 g/mol. The highest BCUT2D eigenvalue weighted by molar-refractivity contribution is 14.0. The van der Waals surface area contributed by atoms with E-state index >= 15 is 0 Å². The molecule has 160 valence electrons. The number of piperazine rings is 1. The molecule has 1 aromatic heterocycles. The van der Waals surface area contributed by atoms with Crippen LogP contribution in [0, 0.1) is 5.82 Å². The van der Waals surface area contributed by atoms with Gasteiger partial charge < -0.3 is 20.1 Å². The van der Waals surface area contributed by atoms with Crippen molar-refractivity contribution in [3.63, 3.8) is 0 Å². The van der Waals surface area contributed by atoms with Crippen molar-refractivity contribution in [2.24, 2.45) is 4.99 Å². The molecule has 8 heteroatoms. The Kier molecular flexibility index (Phi) is 7.89. The lowest BCUT2D eigenvalue weighted by Gasteiger charge is -2.37. The molecule has 0 unspecified atom stereocenters. The number of nitrogens with one attached hydrogen (secondary N) is 2. The van der Waals surface area contributed by atoms with Crippen LogP contribution < -0.4 is 10.2 Å². The Morgan fingerprint density at radius 2 is 1.83 bits per heavy atom. The molecule has 0 aliphatic carbocycles. The highest BCUT2D eigenvalue weighted by Gasteiger charge is 2.21. The molecule has 0 spiro atoms. The molecule has 0 atom stereocenters. The third-order valence-electron chi connectivity index (χ3n) is 5.16. The Balaban J connectivity index is 0.00000256. The fourth-order valence-corrected chi connectivity index (χ4v) is 3.68. The Morgan fingerprint density at radius 1 is 1.10 bits per heavy atom. The van der Waals surface area contributed by atoms with Gasteiger partial charge in [0.05, 0.1) is 16.7 Å². The van der Waals surface area contributed by atoms with Gasteiger partial charge in [0, 0.05) is 45.7 Å². The summed E-state index contributed by atoms with van der Waals surface area (Å²) < 4.78 is 14.1. The van der Waals surface area contributed by atoms with E-state index in [4.69, 9.17) is 4.99 Å². The summed E-state index contributed by atoms with van der Waals surface area (Å²) in [5.74, 6) is 1.71. The zero-order valence-electron chi connectivity index (χ0n) is 17.1. The van der Waals surface area contributed by atoms with Gasteiger partial charge in [0.25, 0.3) is 0 Å². The number of aromatic amines is 1. The maximum atomic E-state index is 14.1. The normalized spacial score (nSPS) is 14.7. The first kappa shape index (κ1) is 22.3. The van der Waals surface area contributed by atoms with Gasteiger partial charge in [-0.15, -0.1) is 24.0 Å². The van der Waals surface area contributed by atoms with Gasteiger partial charge in [-0.05, 0) is 31.2 Å². The van der Waals surface area contributed by atoms with E-state index in [0.29, 0.717) is 12.2 Å². The number of halogens is 2. The first-order valence-electron chi connectivity index (χ1n) is 10.2. The molecule has 0 amide bonds. The third-order valence-corrected chi connectivity index (χ3v) is 5.16. The van der Waals surface area contributed by atoms with Crippen molar-refractivity contribution < 1.29 is 4.39 Å². The highest BCUT2D eigenvalue weighted by atomic mass is 127. The lowest BCUT2D eigenvalue weighted by molar-refractivity contribution is 0.371. The van der Waals surface area contributed by atoms with Crippen LogP contribution in [0.25, 0.3) is 11.0 Å². The standard InChI is InChI=1S/C22H27FN6.HI/c1-2-24-22(25-12-11-21-26-18-8-4-5-9-19(18)27-21)29-15-13-28(14-16-29)20-10-6-3-7-17(20)23;/h3-10H,2,11-16H2,1H3,(H,24,25)(H,26,27);1H. The molecule has 30 heavy (non-hydrogen) atoms. The topological polar surface area (TPSA) is 59.6 Å². The summed E-state index contributed by atoms with van der Waals surface area (Å²) in [7, 11) is 0. The van der Waals surface area contributed by atoms with E-state index in [2.05, 4.69) is 32.0 Å². The maximum absolute atomic E-state index is 14.1. The number of hydrogen-bond donors (Lipinski definition) is 2. The predicted molar refractivity (Wildman–Crippen MR) is 131 cm³/mol. The Labute approximate surface area is 193 Å². The number of rotatable bonds is 5. The maximum Gasteiger partial charge on any atom is 0.194 e. The van der Waals surface area contributed by atoms with E-state index in [9.17, 15) is 4.39 Å². The van der Waals surface area contributed by atoms with E-state index in [-0.39, 0.29) is 29.8 Å². The average Bonchev–Trinajstić information content (AvgIpc) is 3.16. The van der Waals surface area contributed by atoms with Crippen molar-refractivity contribution in [1.82, 2.24) is 20.2 Å². The number of imidazole rings is 1. The third kappa shape index (κ3) is 5.21. The molecular weight excluding hydrogens is 494 g/mol. The molecule has 6 nitrogen and oxygen atoms in total. The summed E-state index contributed by atoms with van der Waals surface area (Å²) in [4.78, 5) is 17.1. The largest absolute Gasteiger partial charge is 0.366 e. The number of hydrogen-bond acceptors (Lipinski definition) is 3. The zero-order valence-corrected chi connectivity index (χ0v) is 19.5. The Hall–Kier alpha value is -2.36. The molecule has 1 saturated heterocycles. The van der Waals surface area contributed by atoms with Gasteiger partial charge in [-0.25, -0.2) is 9.37 Å². The van der Waals surface area contributed by atoms with Gasteiger partial charge >= 0.3 is 0 Å². The number of aromatic nitrogens is 2. The molecule has 4 rings (SSSR count). The fourth-order valence-electron chi connectivity index (χ4n) is 3.68. The number of guanidine groups is 1. The summed E-state index contributed by atoms with van der Waals surface area (Å²) in [6, 6.07) is 15.0. The molecule has 0 bridgehead atoms. The smallest absolute Gasteiger partial charge is 0.194 e. The Bertz CT molecular complexity index is 947. The molecule has 1 aliphatic heterocycles. The molecule has 2 heterocycles. The minimum absolute atomic E-state index is 0. The zero-order chi connectivity index (χ0) is 20.1. The predicted octanol–water partition coefficient (Wildman–Crippen LogP) is 3.65. The minimum Gasteiger partial charge on any atom is -0.366 e. The van der Waals surface area contributed by atoms with E-state index in [0.717, 1.165) is 62.0 Å². The van der Waals surface area contributed by atoms with Crippen LogP contribution in [-0.2, 0) is 6.42 Å². The van der Waals surface area contributed by atoms with Gasteiger partial charge in [-0.1, -0.05) is 24.3 Å². The van der Waals surface area contributed by atoms with Crippen LogP contribution in [0.4, 0.5) is 10.1 Å². The minimum atomic E-state index is -0.160. The van der Waals surface area contributed by atoms with Crippen LogP contribution in [0.5, 0.6) is 0 Å². The SMILES string of the molecule is CCNC(=NCCc1nc2ccccc2[nH]1)N1CCN(c2ccccc2F)CC1.I. The molecule has 2 N–H and O–H groups in total. The molecule has 1 fully saturated rings. The van der Waals surface area contributed by atoms with Crippen molar-refractivity contribution in [3.8, 4) is 0 Å². The Morgan fingerprint density at radius 3 is 2.57 bits per heavy atom. The molecule has 1 aliphatic rings. The van der Waals surface area contributed by atoms with E-state index < -0.39 is 0 Å².